The minimum atomic E-state index is 0.131. The highest BCUT2D eigenvalue weighted by molar-refractivity contribution is 6.17. The Balaban J connectivity index is 2.79. The Hall–Kier alpha value is -0.160. The monoisotopic (exact) mass is 210 g/mol. The van der Waals surface area contributed by atoms with Crippen molar-refractivity contribution < 1.29 is 19.0 Å². The number of hydrogen-bond donors (Lipinski definition) is 0. The largest absolute Gasteiger partial charge is 0.378 e. The second kappa shape index (κ2) is 11.8. The van der Waals surface area contributed by atoms with Crippen LogP contribution in [0.1, 0.15) is 0 Å². The lowest BCUT2D eigenvalue weighted by Gasteiger charge is -2.04. The number of alkyl halides is 1. The molecule has 0 aliphatic heterocycles. The zero-order valence-electron chi connectivity index (χ0n) is 7.54. The molecular weight excluding hydrogens is 196 g/mol. The summed E-state index contributed by atoms with van der Waals surface area (Å²) in [6.07, 6.45) is 0.712. The van der Waals surface area contributed by atoms with E-state index in [4.69, 9.17) is 25.8 Å². The Morgan fingerprint density at radius 3 is 2.00 bits per heavy atom. The Morgan fingerprint density at radius 2 is 1.46 bits per heavy atom. The van der Waals surface area contributed by atoms with E-state index in [9.17, 15) is 4.79 Å². The van der Waals surface area contributed by atoms with Gasteiger partial charge in [-0.3, -0.25) is 0 Å². The van der Waals surface area contributed by atoms with Crippen LogP contribution in [0, 0.1) is 0 Å². The zero-order chi connectivity index (χ0) is 9.78. The molecule has 0 aliphatic carbocycles. The SMILES string of the molecule is O=CCOCCOCCOCCCl. The second-order valence-corrected chi connectivity index (χ2v) is 2.53. The van der Waals surface area contributed by atoms with Crippen LogP contribution in [0.3, 0.4) is 0 Å². The summed E-state index contributed by atoms with van der Waals surface area (Å²) < 4.78 is 15.0. The van der Waals surface area contributed by atoms with E-state index in [2.05, 4.69) is 0 Å². The van der Waals surface area contributed by atoms with Crippen molar-refractivity contribution in [3.63, 3.8) is 0 Å². The maximum Gasteiger partial charge on any atom is 0.145 e. The summed E-state index contributed by atoms with van der Waals surface area (Å²) in [6, 6.07) is 0. The number of rotatable bonds is 10. The maximum absolute atomic E-state index is 9.81. The molecule has 0 radical (unpaired) electrons. The summed E-state index contributed by atoms with van der Waals surface area (Å²) >= 11 is 5.38. The molecule has 0 aliphatic rings. The first-order valence-electron chi connectivity index (χ1n) is 4.14. The van der Waals surface area contributed by atoms with Crippen LogP contribution >= 0.6 is 11.6 Å². The van der Waals surface area contributed by atoms with E-state index in [-0.39, 0.29) is 6.61 Å². The molecule has 0 fully saturated rings. The number of aldehydes is 1. The zero-order valence-corrected chi connectivity index (χ0v) is 8.29. The molecule has 5 heteroatoms. The smallest absolute Gasteiger partial charge is 0.145 e. The summed E-state index contributed by atoms with van der Waals surface area (Å²) in [6.45, 7) is 2.67. The quantitative estimate of drug-likeness (QED) is 0.299. The van der Waals surface area contributed by atoms with Gasteiger partial charge < -0.3 is 19.0 Å². The third kappa shape index (κ3) is 11.8. The fraction of sp³-hybridized carbons (Fsp3) is 0.875. The molecule has 78 valence electrons. The third-order valence-electron chi connectivity index (χ3n) is 1.15. The van der Waals surface area contributed by atoms with Crippen LogP contribution in [0.15, 0.2) is 0 Å². The maximum atomic E-state index is 9.81. The number of hydrogen-bond acceptors (Lipinski definition) is 4. The Labute approximate surface area is 83.1 Å². The van der Waals surface area contributed by atoms with E-state index in [1.807, 2.05) is 0 Å². The molecule has 0 amide bonds. The average Bonchev–Trinajstić information content (AvgIpc) is 2.16. The highest BCUT2D eigenvalue weighted by atomic mass is 35.5. The fourth-order valence-electron chi connectivity index (χ4n) is 0.626. The Morgan fingerprint density at radius 1 is 0.923 bits per heavy atom. The molecule has 0 unspecified atom stereocenters. The lowest BCUT2D eigenvalue weighted by molar-refractivity contribution is -0.112. The molecule has 0 bridgehead atoms. The molecule has 0 spiro atoms. The molecule has 4 nitrogen and oxygen atoms in total. The van der Waals surface area contributed by atoms with Gasteiger partial charge >= 0.3 is 0 Å². The molecule has 0 aromatic rings. The van der Waals surface area contributed by atoms with Crippen LogP contribution in [-0.4, -0.2) is 51.8 Å². The first-order valence-corrected chi connectivity index (χ1v) is 4.68. The number of halogens is 1. The van der Waals surface area contributed by atoms with Crippen molar-refractivity contribution in [2.45, 2.75) is 0 Å². The molecule has 0 heterocycles. The summed E-state index contributed by atoms with van der Waals surface area (Å²) in [5, 5.41) is 0. The molecule has 13 heavy (non-hydrogen) atoms. The standard InChI is InChI=1S/C8H15ClO4/c9-1-3-11-5-7-13-8-6-12-4-2-10/h2H,1,3-8H2. The van der Waals surface area contributed by atoms with Crippen molar-refractivity contribution in [2.24, 2.45) is 0 Å². The van der Waals surface area contributed by atoms with Crippen LogP contribution in [0.2, 0.25) is 0 Å². The predicted molar refractivity (Wildman–Crippen MR) is 49.2 cm³/mol. The van der Waals surface area contributed by atoms with Crippen molar-refractivity contribution in [2.75, 3.05) is 45.5 Å². The van der Waals surface area contributed by atoms with Gasteiger partial charge in [-0.25, -0.2) is 0 Å². The van der Waals surface area contributed by atoms with Gasteiger partial charge in [0, 0.05) is 5.88 Å². The van der Waals surface area contributed by atoms with Gasteiger partial charge in [0.1, 0.15) is 12.9 Å². The van der Waals surface area contributed by atoms with Crippen molar-refractivity contribution in [1.82, 2.24) is 0 Å². The van der Waals surface area contributed by atoms with Crippen LogP contribution in [-0.2, 0) is 19.0 Å². The van der Waals surface area contributed by atoms with Crippen LogP contribution in [0.25, 0.3) is 0 Å². The molecule has 0 atom stereocenters. The van der Waals surface area contributed by atoms with E-state index < -0.39 is 0 Å². The number of carbonyl (C=O) groups excluding carboxylic acids is 1. The van der Waals surface area contributed by atoms with Gasteiger partial charge in [-0.2, -0.15) is 0 Å². The number of ether oxygens (including phenoxy) is 3. The minimum absolute atomic E-state index is 0.131. The van der Waals surface area contributed by atoms with Gasteiger partial charge in [0.2, 0.25) is 0 Å². The van der Waals surface area contributed by atoms with Crippen LogP contribution in [0.5, 0.6) is 0 Å². The molecule has 0 rings (SSSR count). The molecule has 0 aromatic heterocycles. The third-order valence-corrected chi connectivity index (χ3v) is 1.31. The molecule has 0 N–H and O–H groups in total. The van der Waals surface area contributed by atoms with E-state index in [0.717, 1.165) is 0 Å². The van der Waals surface area contributed by atoms with Gasteiger partial charge in [0.05, 0.1) is 33.0 Å². The van der Waals surface area contributed by atoms with Gasteiger partial charge in [0.25, 0.3) is 0 Å². The van der Waals surface area contributed by atoms with Crippen molar-refractivity contribution in [1.29, 1.82) is 0 Å². The van der Waals surface area contributed by atoms with Gasteiger partial charge in [-0.15, -0.1) is 11.6 Å². The highest BCUT2D eigenvalue weighted by Crippen LogP contribution is 1.81. The highest BCUT2D eigenvalue weighted by Gasteiger charge is 1.89. The summed E-state index contributed by atoms with van der Waals surface area (Å²) in [5.41, 5.74) is 0. The minimum Gasteiger partial charge on any atom is -0.378 e. The molecule has 0 saturated heterocycles. The molecule has 0 aromatic carbocycles. The average molecular weight is 211 g/mol. The van der Waals surface area contributed by atoms with Crippen molar-refractivity contribution >= 4 is 17.9 Å². The lowest BCUT2D eigenvalue weighted by atomic mass is 10.7. The van der Waals surface area contributed by atoms with E-state index >= 15 is 0 Å². The topological polar surface area (TPSA) is 44.8 Å². The normalized spacial score (nSPS) is 10.2. The first kappa shape index (κ1) is 12.8. The van der Waals surface area contributed by atoms with E-state index in [0.29, 0.717) is 45.2 Å². The van der Waals surface area contributed by atoms with E-state index in [1.54, 1.807) is 0 Å². The van der Waals surface area contributed by atoms with Crippen molar-refractivity contribution in [3.05, 3.63) is 0 Å². The van der Waals surface area contributed by atoms with Crippen molar-refractivity contribution in [3.8, 4) is 0 Å². The summed E-state index contributed by atoms with van der Waals surface area (Å²) in [4.78, 5) is 9.81. The number of carbonyl (C=O) groups is 1. The summed E-state index contributed by atoms with van der Waals surface area (Å²) in [7, 11) is 0. The van der Waals surface area contributed by atoms with Crippen LogP contribution < -0.4 is 0 Å². The Kier molecular flexibility index (Phi) is 11.7. The Bertz CT molecular complexity index is 110. The molecule has 0 saturated carbocycles. The van der Waals surface area contributed by atoms with Gasteiger partial charge in [0.15, 0.2) is 0 Å². The van der Waals surface area contributed by atoms with E-state index in [1.165, 1.54) is 0 Å². The first-order chi connectivity index (χ1) is 6.41. The lowest BCUT2D eigenvalue weighted by Crippen LogP contribution is -2.10. The predicted octanol–water partition coefficient (Wildman–Crippen LogP) is 0.474. The van der Waals surface area contributed by atoms with Gasteiger partial charge in [-0.1, -0.05) is 0 Å². The van der Waals surface area contributed by atoms with Crippen LogP contribution in [0.4, 0.5) is 0 Å². The fourth-order valence-corrected chi connectivity index (χ4v) is 0.735. The summed E-state index contributed by atoms with van der Waals surface area (Å²) in [5.74, 6) is 0.502. The second-order valence-electron chi connectivity index (χ2n) is 2.16. The van der Waals surface area contributed by atoms with Gasteiger partial charge in [-0.05, 0) is 0 Å². The molecular formula is C8H15ClO4.